The Morgan fingerprint density at radius 3 is 1.94 bits per heavy atom. The molecular weight excluding hydrogens is 559 g/mol. The second-order valence-electron chi connectivity index (χ2n) is 5.83. The fourth-order valence-electron chi connectivity index (χ4n) is 2.53. The average Bonchev–Trinajstić information content (AvgIpc) is 1.94. The largest absolute Gasteiger partial charge is 0.460 e. The summed E-state index contributed by atoms with van der Waals surface area (Å²) < 4.78 is 5.12. The first kappa shape index (κ1) is 16.7. The van der Waals surface area contributed by atoms with Crippen molar-refractivity contribution >= 4 is 73.7 Å². The van der Waals surface area contributed by atoms with Crippen LogP contribution in [-0.2, 0) is 9.53 Å². The van der Waals surface area contributed by atoms with Crippen LogP contribution in [0.25, 0.3) is 0 Å². The third-order valence-corrected chi connectivity index (χ3v) is 3.98. The van der Waals surface area contributed by atoms with Gasteiger partial charge in [-0.15, -0.1) is 0 Å². The molecule has 3 nitrogen and oxygen atoms in total. The molecule has 0 aromatic heterocycles. The summed E-state index contributed by atoms with van der Waals surface area (Å²) in [4.78, 5) is 11.9. The minimum absolute atomic E-state index is 0.00687. The summed E-state index contributed by atoms with van der Waals surface area (Å²) in [5, 5.41) is 3.58. The zero-order valence-electron chi connectivity index (χ0n) is 10.4. The lowest BCUT2D eigenvalue weighted by Crippen LogP contribution is -2.60. The fraction of sp³-hybridized carbons (Fsp3) is 0.909. The van der Waals surface area contributed by atoms with Gasteiger partial charge >= 0.3 is 5.97 Å². The van der Waals surface area contributed by atoms with Crippen LogP contribution in [0.3, 0.4) is 0 Å². The maximum atomic E-state index is 11.9. The predicted octanol–water partition coefficient (Wildman–Crippen LogP) is 3.80. The van der Waals surface area contributed by atoms with E-state index in [4.69, 9.17) is 4.74 Å². The number of hydrogen-bond acceptors (Lipinski definition) is 3. The lowest BCUT2D eigenvalue weighted by molar-refractivity contribution is -0.150. The second-order valence-corrected chi connectivity index (χ2v) is 16.9. The minimum atomic E-state index is -0.507. The summed E-state index contributed by atoms with van der Waals surface area (Å²) in [5.74, 6) is -0.141. The molecule has 1 aliphatic heterocycles. The lowest BCUT2D eigenvalue weighted by Gasteiger charge is -2.46. The van der Waals surface area contributed by atoms with Crippen molar-refractivity contribution in [1.82, 2.24) is 5.32 Å². The highest BCUT2D eigenvalue weighted by Gasteiger charge is 2.41. The molecule has 0 spiro atoms. The number of hydrogen-bond donors (Lipinski definition) is 1. The van der Waals surface area contributed by atoms with E-state index in [0.717, 1.165) is 12.8 Å². The van der Waals surface area contributed by atoms with Gasteiger partial charge in [0.05, 0.1) is 0 Å². The van der Waals surface area contributed by atoms with Gasteiger partial charge in [0.25, 0.3) is 0 Å². The van der Waals surface area contributed by atoms with Crippen LogP contribution in [0.4, 0.5) is 0 Å². The number of piperidine rings is 1. The molecule has 6 heteroatoms. The molecule has 0 saturated carbocycles. The van der Waals surface area contributed by atoms with Gasteiger partial charge in [0, 0.05) is 23.9 Å². The van der Waals surface area contributed by atoms with E-state index in [1.807, 2.05) is 0 Å². The van der Waals surface area contributed by atoms with Gasteiger partial charge in [-0.25, -0.2) is 4.79 Å². The van der Waals surface area contributed by atoms with Crippen molar-refractivity contribution in [1.29, 1.82) is 0 Å². The van der Waals surface area contributed by atoms with Crippen molar-refractivity contribution in [3.05, 3.63) is 0 Å². The molecule has 1 rings (SSSR count). The highest BCUT2D eigenvalue weighted by atomic mass is 127. The van der Waals surface area contributed by atoms with Crippen LogP contribution in [0.5, 0.6) is 0 Å². The molecule has 0 unspecified atom stereocenters. The number of nitrogens with one attached hydrogen (secondary N) is 1. The number of carbonyl (C=O) groups is 1. The van der Waals surface area contributed by atoms with Gasteiger partial charge in [-0.05, 0) is 95.5 Å². The molecule has 0 aromatic rings. The van der Waals surface area contributed by atoms with E-state index < -0.39 is -0.565 Å². The Bertz CT molecular complexity index is 294. The van der Waals surface area contributed by atoms with Crippen molar-refractivity contribution in [2.75, 3.05) is 0 Å². The molecule has 1 N–H and O–H groups in total. The highest BCUT2D eigenvalue weighted by molar-refractivity contribution is 14.3. The Hall–Kier alpha value is 1.62. The molecule has 0 aliphatic carbocycles. The van der Waals surface area contributed by atoms with Gasteiger partial charge in [-0.2, -0.15) is 0 Å². The predicted molar refractivity (Wildman–Crippen MR) is 95.2 cm³/mol. The van der Waals surface area contributed by atoms with Crippen LogP contribution in [0.1, 0.15) is 40.5 Å². The summed E-state index contributed by atoms with van der Waals surface area (Å²) in [5.41, 5.74) is 0.0222. The van der Waals surface area contributed by atoms with E-state index in [0.29, 0.717) is 0 Å². The first-order chi connectivity index (χ1) is 7.41. The molecule has 1 aliphatic rings. The molecule has 0 amide bonds. The Morgan fingerprint density at radius 1 is 1.18 bits per heavy atom. The van der Waals surface area contributed by atoms with Crippen molar-refractivity contribution < 1.29 is 9.53 Å². The Labute approximate surface area is 144 Å². The number of ether oxygens (including phenoxy) is 1. The second kappa shape index (κ2) is 5.55. The summed E-state index contributed by atoms with van der Waals surface area (Å²) in [6.45, 7) is 8.61. The first-order valence-electron chi connectivity index (χ1n) is 5.48. The Balaban J connectivity index is 2.70. The van der Waals surface area contributed by atoms with Crippen molar-refractivity contribution in [2.45, 2.75) is 57.2 Å². The zero-order valence-corrected chi connectivity index (χ0v) is 16.9. The zero-order chi connectivity index (χ0) is 13.5. The van der Waals surface area contributed by atoms with Gasteiger partial charge in [0.2, 0.25) is -0.565 Å². The highest BCUT2D eigenvalue weighted by Crippen LogP contribution is 2.38. The summed E-state index contributed by atoms with van der Waals surface area (Å²) in [6, 6.07) is 0. The quantitative estimate of drug-likeness (QED) is 0.309. The molecule has 1 heterocycles. The average molecular weight is 577 g/mol. The normalized spacial score (nSPS) is 24.4. The van der Waals surface area contributed by atoms with E-state index in [2.05, 4.69) is 101 Å². The van der Waals surface area contributed by atoms with Crippen LogP contribution in [-0.4, -0.2) is 22.6 Å². The molecule has 0 atom stereocenters. The van der Waals surface area contributed by atoms with E-state index >= 15 is 0 Å². The third kappa shape index (κ3) is 5.64. The molecule has 1 saturated heterocycles. The third-order valence-electron chi connectivity index (χ3n) is 2.66. The van der Waals surface area contributed by atoms with Gasteiger partial charge < -0.3 is 10.1 Å². The first-order valence-corrected chi connectivity index (χ1v) is 8.72. The molecule has 0 radical (unpaired) electrons. The number of halogens is 3. The maximum Gasteiger partial charge on any atom is 0.342 e. The molecular formula is C11H18I3NO2. The van der Waals surface area contributed by atoms with E-state index in [1.165, 1.54) is 0 Å². The van der Waals surface area contributed by atoms with Crippen LogP contribution in [0, 0.1) is 0 Å². The van der Waals surface area contributed by atoms with Crippen LogP contribution < -0.4 is 5.32 Å². The molecule has 0 bridgehead atoms. The van der Waals surface area contributed by atoms with Crippen molar-refractivity contribution in [3.63, 3.8) is 0 Å². The minimum Gasteiger partial charge on any atom is -0.460 e. The molecule has 17 heavy (non-hydrogen) atoms. The van der Waals surface area contributed by atoms with Crippen LogP contribution in [0.2, 0.25) is 0 Å². The van der Waals surface area contributed by atoms with Crippen LogP contribution in [0.15, 0.2) is 0 Å². The molecule has 1 fully saturated rings. The monoisotopic (exact) mass is 577 g/mol. The van der Waals surface area contributed by atoms with E-state index in [1.54, 1.807) is 0 Å². The summed E-state index contributed by atoms with van der Waals surface area (Å²) in [7, 11) is 0. The van der Waals surface area contributed by atoms with Gasteiger partial charge in [0.15, 0.2) is 0 Å². The Kier molecular flexibility index (Phi) is 5.44. The van der Waals surface area contributed by atoms with Gasteiger partial charge in [-0.3, -0.25) is 0 Å². The number of esters is 1. The van der Waals surface area contributed by atoms with E-state index in [-0.39, 0.29) is 23.2 Å². The fourth-order valence-corrected chi connectivity index (χ4v) is 2.91. The SMILES string of the molecule is CC1(C)CC(OC(=O)C(I)(I)I)CC(C)(C)N1. The number of carbonyl (C=O) groups excluding carboxylic acids is 1. The van der Waals surface area contributed by atoms with Gasteiger partial charge in [0.1, 0.15) is 6.10 Å². The smallest absolute Gasteiger partial charge is 0.342 e. The summed E-state index contributed by atoms with van der Waals surface area (Å²) in [6.07, 6.45) is 1.73. The van der Waals surface area contributed by atoms with Crippen LogP contribution >= 0.6 is 67.8 Å². The maximum absolute atomic E-state index is 11.9. The number of alkyl halides is 3. The molecule has 100 valence electrons. The topological polar surface area (TPSA) is 38.3 Å². The number of rotatable bonds is 2. The summed E-state index contributed by atoms with van der Waals surface area (Å²) >= 11 is 6.30. The molecule has 0 aromatic carbocycles. The van der Waals surface area contributed by atoms with Gasteiger partial charge in [-0.1, -0.05) is 0 Å². The van der Waals surface area contributed by atoms with E-state index in [9.17, 15) is 4.79 Å². The Morgan fingerprint density at radius 2 is 1.59 bits per heavy atom. The standard InChI is InChI=1S/C11H18I3NO2/c1-9(2)5-7(6-10(3,4)15-9)17-8(16)11(12,13)14/h7,15H,5-6H2,1-4H3. The van der Waals surface area contributed by atoms with Crippen molar-refractivity contribution in [2.24, 2.45) is 0 Å². The lowest BCUT2D eigenvalue weighted by atomic mass is 9.81. The van der Waals surface area contributed by atoms with Crippen molar-refractivity contribution in [3.8, 4) is 0 Å².